The summed E-state index contributed by atoms with van der Waals surface area (Å²) in [5.41, 5.74) is 1.64. The molecule has 0 amide bonds. The molecule has 4 nitrogen and oxygen atoms in total. The predicted molar refractivity (Wildman–Crippen MR) is 88.6 cm³/mol. The van der Waals surface area contributed by atoms with E-state index in [9.17, 15) is 0 Å². The van der Waals surface area contributed by atoms with E-state index in [-0.39, 0.29) is 11.1 Å². The molecule has 21 heavy (non-hydrogen) atoms. The standard InChI is InChI=1S/C9H16N2.C8H14N2/c1-5-8-6-10-7-11(8)9(2,3)4;1-7-9-5-6-10(7)8(2,3)4/h6-7H,5H2,1-4H3;5-6H,1-4H3. The monoisotopic (exact) mass is 290 g/mol. The Morgan fingerprint density at radius 2 is 1.57 bits per heavy atom. The maximum absolute atomic E-state index is 4.15. The maximum atomic E-state index is 4.15. The molecule has 118 valence electrons. The van der Waals surface area contributed by atoms with E-state index in [0.29, 0.717) is 0 Å². The Morgan fingerprint density at radius 1 is 1.00 bits per heavy atom. The normalized spacial score (nSPS) is 12.0. The quantitative estimate of drug-likeness (QED) is 0.791. The first-order chi connectivity index (χ1) is 9.57. The second kappa shape index (κ2) is 6.46. The lowest BCUT2D eigenvalue weighted by Gasteiger charge is -2.22. The third-order valence-corrected chi connectivity index (χ3v) is 3.35. The van der Waals surface area contributed by atoms with Gasteiger partial charge in [-0.25, -0.2) is 9.97 Å². The SMILES string of the molecule is CCc1cncn1C(C)(C)C.Cc1nccn1C(C)(C)C. The first-order valence-electron chi connectivity index (χ1n) is 7.59. The van der Waals surface area contributed by atoms with Gasteiger partial charge in [-0.2, -0.15) is 0 Å². The Kier molecular flexibility index (Phi) is 5.37. The lowest BCUT2D eigenvalue weighted by molar-refractivity contribution is 0.385. The lowest BCUT2D eigenvalue weighted by atomic mass is 10.1. The average Bonchev–Trinajstić information content (AvgIpc) is 2.95. The molecule has 0 atom stereocenters. The molecule has 0 aliphatic rings. The van der Waals surface area contributed by atoms with E-state index in [1.807, 2.05) is 31.8 Å². The van der Waals surface area contributed by atoms with Gasteiger partial charge >= 0.3 is 0 Å². The molecule has 2 rings (SSSR count). The molecule has 2 aromatic rings. The molecule has 0 aromatic carbocycles. The fraction of sp³-hybridized carbons (Fsp3) is 0.647. The van der Waals surface area contributed by atoms with Crippen LogP contribution in [0.15, 0.2) is 24.9 Å². The Bertz CT molecular complexity index is 550. The summed E-state index contributed by atoms with van der Waals surface area (Å²) in [6.07, 6.45) is 8.73. The molecular formula is C17H30N4. The van der Waals surface area contributed by atoms with Crippen LogP contribution in [-0.4, -0.2) is 19.1 Å². The Hall–Kier alpha value is -1.58. The molecule has 0 bridgehead atoms. The Balaban J connectivity index is 0.000000211. The summed E-state index contributed by atoms with van der Waals surface area (Å²) in [7, 11) is 0. The van der Waals surface area contributed by atoms with Crippen molar-refractivity contribution in [2.45, 2.75) is 72.9 Å². The van der Waals surface area contributed by atoms with Crippen LogP contribution in [0.25, 0.3) is 0 Å². The van der Waals surface area contributed by atoms with Gasteiger partial charge in [0.05, 0.1) is 6.33 Å². The molecule has 0 saturated carbocycles. The van der Waals surface area contributed by atoms with Crippen LogP contribution in [0.3, 0.4) is 0 Å². The van der Waals surface area contributed by atoms with Crippen LogP contribution in [0.2, 0.25) is 0 Å². The topological polar surface area (TPSA) is 35.6 Å². The summed E-state index contributed by atoms with van der Waals surface area (Å²) in [5.74, 6) is 1.08. The Morgan fingerprint density at radius 3 is 1.86 bits per heavy atom. The van der Waals surface area contributed by atoms with Gasteiger partial charge in [-0.15, -0.1) is 0 Å². The van der Waals surface area contributed by atoms with E-state index in [1.54, 1.807) is 0 Å². The van der Waals surface area contributed by atoms with E-state index in [4.69, 9.17) is 0 Å². The number of nitrogens with zero attached hydrogens (tertiary/aromatic N) is 4. The summed E-state index contributed by atoms with van der Waals surface area (Å²) in [5, 5.41) is 0. The third-order valence-electron chi connectivity index (χ3n) is 3.35. The Labute approximate surface area is 129 Å². The number of aromatic nitrogens is 4. The largest absolute Gasteiger partial charge is 0.330 e. The summed E-state index contributed by atoms with van der Waals surface area (Å²) in [4.78, 5) is 8.27. The molecule has 0 saturated heterocycles. The van der Waals surface area contributed by atoms with Gasteiger partial charge in [0.1, 0.15) is 5.82 Å². The molecule has 0 fully saturated rings. The minimum Gasteiger partial charge on any atom is -0.330 e. The van der Waals surface area contributed by atoms with Gasteiger partial charge in [0.25, 0.3) is 0 Å². The highest BCUT2D eigenvalue weighted by Gasteiger charge is 2.14. The number of aryl methyl sites for hydroxylation is 2. The third kappa shape index (κ3) is 4.73. The van der Waals surface area contributed by atoms with Gasteiger partial charge in [-0.1, -0.05) is 6.92 Å². The minimum atomic E-state index is 0.167. The number of imidazole rings is 2. The van der Waals surface area contributed by atoms with Crippen molar-refractivity contribution < 1.29 is 0 Å². The second-order valence-corrected chi connectivity index (χ2v) is 7.29. The highest BCUT2D eigenvalue weighted by atomic mass is 15.1. The average molecular weight is 290 g/mol. The van der Waals surface area contributed by atoms with Crippen molar-refractivity contribution in [1.82, 2.24) is 19.1 Å². The molecule has 0 radical (unpaired) electrons. The molecular weight excluding hydrogens is 260 g/mol. The summed E-state index contributed by atoms with van der Waals surface area (Å²) < 4.78 is 4.38. The molecule has 0 N–H and O–H groups in total. The highest BCUT2D eigenvalue weighted by molar-refractivity contribution is 5.01. The van der Waals surface area contributed by atoms with Crippen LogP contribution < -0.4 is 0 Å². The van der Waals surface area contributed by atoms with E-state index in [2.05, 4.69) is 67.6 Å². The molecule has 2 heterocycles. The van der Waals surface area contributed by atoms with Gasteiger partial charge < -0.3 is 9.13 Å². The molecule has 0 aliphatic heterocycles. The smallest absolute Gasteiger partial charge is 0.105 e. The van der Waals surface area contributed by atoms with Crippen molar-refractivity contribution in [2.24, 2.45) is 0 Å². The van der Waals surface area contributed by atoms with Crippen molar-refractivity contribution in [1.29, 1.82) is 0 Å². The molecule has 0 spiro atoms. The summed E-state index contributed by atoms with van der Waals surface area (Å²) in [6.45, 7) is 17.2. The van der Waals surface area contributed by atoms with Crippen molar-refractivity contribution >= 4 is 0 Å². The van der Waals surface area contributed by atoms with Crippen molar-refractivity contribution in [3.05, 3.63) is 36.4 Å². The van der Waals surface area contributed by atoms with Crippen molar-refractivity contribution in [3.63, 3.8) is 0 Å². The fourth-order valence-corrected chi connectivity index (χ4v) is 2.28. The maximum Gasteiger partial charge on any atom is 0.105 e. The zero-order chi connectivity index (χ0) is 16.3. The van der Waals surface area contributed by atoms with Gasteiger partial charge in [-0.3, -0.25) is 0 Å². The predicted octanol–water partition coefficient (Wildman–Crippen LogP) is 4.15. The van der Waals surface area contributed by atoms with Crippen molar-refractivity contribution in [2.75, 3.05) is 0 Å². The minimum absolute atomic E-state index is 0.167. The first kappa shape index (κ1) is 17.5. The summed E-state index contributed by atoms with van der Waals surface area (Å²) >= 11 is 0. The van der Waals surface area contributed by atoms with E-state index >= 15 is 0 Å². The molecule has 4 heteroatoms. The van der Waals surface area contributed by atoms with Crippen LogP contribution in [0.1, 0.15) is 60.0 Å². The number of rotatable bonds is 1. The van der Waals surface area contributed by atoms with E-state index < -0.39 is 0 Å². The van der Waals surface area contributed by atoms with Crippen LogP contribution in [0.4, 0.5) is 0 Å². The van der Waals surface area contributed by atoms with Crippen LogP contribution >= 0.6 is 0 Å². The number of hydrogen-bond donors (Lipinski definition) is 0. The zero-order valence-corrected chi connectivity index (χ0v) is 14.8. The summed E-state index contributed by atoms with van der Waals surface area (Å²) in [6, 6.07) is 0. The molecule has 0 unspecified atom stereocenters. The van der Waals surface area contributed by atoms with Gasteiger partial charge in [0.15, 0.2) is 0 Å². The van der Waals surface area contributed by atoms with E-state index in [1.165, 1.54) is 5.69 Å². The first-order valence-corrected chi connectivity index (χ1v) is 7.59. The molecule has 0 aliphatic carbocycles. The van der Waals surface area contributed by atoms with Crippen LogP contribution in [-0.2, 0) is 17.5 Å². The van der Waals surface area contributed by atoms with Crippen LogP contribution in [0.5, 0.6) is 0 Å². The van der Waals surface area contributed by atoms with E-state index in [0.717, 1.165) is 12.2 Å². The van der Waals surface area contributed by atoms with Crippen LogP contribution in [0, 0.1) is 6.92 Å². The highest BCUT2D eigenvalue weighted by Crippen LogP contribution is 2.16. The molecule has 2 aromatic heterocycles. The fourth-order valence-electron chi connectivity index (χ4n) is 2.28. The second-order valence-electron chi connectivity index (χ2n) is 7.29. The van der Waals surface area contributed by atoms with Gasteiger partial charge in [0, 0.05) is 35.4 Å². The zero-order valence-electron chi connectivity index (χ0n) is 14.8. The lowest BCUT2D eigenvalue weighted by Crippen LogP contribution is -2.22. The number of hydrogen-bond acceptors (Lipinski definition) is 2. The van der Waals surface area contributed by atoms with Crippen molar-refractivity contribution in [3.8, 4) is 0 Å². The van der Waals surface area contributed by atoms with Gasteiger partial charge in [0.2, 0.25) is 0 Å². The van der Waals surface area contributed by atoms with Gasteiger partial charge in [-0.05, 0) is 54.9 Å².